The highest BCUT2D eigenvalue weighted by molar-refractivity contribution is 5.93. The summed E-state index contributed by atoms with van der Waals surface area (Å²) in [4.78, 5) is 56.2. The van der Waals surface area contributed by atoms with Gasteiger partial charge in [-0.1, -0.05) is 6.92 Å². The average Bonchev–Trinajstić information content (AvgIpc) is 2.91. The van der Waals surface area contributed by atoms with Crippen molar-refractivity contribution in [3.63, 3.8) is 0 Å². The summed E-state index contributed by atoms with van der Waals surface area (Å²) in [6.07, 6.45) is 0.439. The van der Waals surface area contributed by atoms with Crippen LogP contribution in [0.5, 0.6) is 0 Å². The van der Waals surface area contributed by atoms with E-state index in [4.69, 9.17) is 5.11 Å². The normalized spacial score (nSPS) is 10.6. The minimum Gasteiger partial charge on any atom is -0.480 e. The Morgan fingerprint density at radius 3 is 2.68 bits per heavy atom. The maximum atomic E-state index is 12.0. The molecule has 10 heteroatoms. The Hall–Kier alpha value is -3.17. The highest BCUT2D eigenvalue weighted by atomic mass is 16.4. The molecular weight excluding hydrogens is 330 g/mol. The molecule has 2 amide bonds. The third kappa shape index (κ3) is 5.16. The number of H-pyrrole nitrogens is 2. The van der Waals surface area contributed by atoms with E-state index in [0.717, 1.165) is 0 Å². The molecule has 0 radical (unpaired) electrons. The van der Waals surface area contributed by atoms with Crippen molar-refractivity contribution >= 4 is 34.8 Å². The van der Waals surface area contributed by atoms with Crippen molar-refractivity contribution in [2.45, 2.75) is 26.2 Å². The maximum absolute atomic E-state index is 12.0. The summed E-state index contributed by atoms with van der Waals surface area (Å²) in [5, 5.41) is 11.3. The number of amides is 2. The highest BCUT2D eigenvalue weighted by Gasteiger charge is 2.17. The highest BCUT2D eigenvalue weighted by Crippen LogP contribution is 2.10. The topological polar surface area (TPSA) is 148 Å². The van der Waals surface area contributed by atoms with Gasteiger partial charge in [-0.3, -0.25) is 19.4 Å². The number of fused-ring (bicyclic) bond motifs is 1. The first kappa shape index (κ1) is 18.2. The van der Waals surface area contributed by atoms with Gasteiger partial charge >= 0.3 is 11.7 Å². The van der Waals surface area contributed by atoms with E-state index in [1.165, 1.54) is 11.0 Å². The van der Waals surface area contributed by atoms with Crippen LogP contribution in [0.4, 0.5) is 5.82 Å². The van der Waals surface area contributed by atoms with Crippen molar-refractivity contribution < 1.29 is 19.5 Å². The van der Waals surface area contributed by atoms with Crippen molar-refractivity contribution in [2.75, 3.05) is 18.4 Å². The molecule has 0 fully saturated rings. The lowest BCUT2D eigenvalue weighted by Crippen LogP contribution is -2.36. The molecule has 2 aromatic heterocycles. The van der Waals surface area contributed by atoms with Gasteiger partial charge in [0.05, 0.1) is 5.52 Å². The summed E-state index contributed by atoms with van der Waals surface area (Å²) in [5.41, 5.74) is 0.433. The zero-order valence-corrected chi connectivity index (χ0v) is 13.7. The van der Waals surface area contributed by atoms with Crippen LogP contribution >= 0.6 is 0 Å². The Balaban J connectivity index is 1.90. The van der Waals surface area contributed by atoms with Crippen molar-refractivity contribution in [1.29, 1.82) is 0 Å². The molecule has 0 aliphatic carbocycles. The molecular formula is C15H19N5O5. The summed E-state index contributed by atoms with van der Waals surface area (Å²) >= 11 is 0. The van der Waals surface area contributed by atoms with E-state index in [2.05, 4.69) is 20.3 Å². The predicted octanol–water partition coefficient (Wildman–Crippen LogP) is 0.293. The van der Waals surface area contributed by atoms with Gasteiger partial charge in [-0.15, -0.1) is 0 Å². The Morgan fingerprint density at radius 1 is 1.24 bits per heavy atom. The first-order valence-corrected chi connectivity index (χ1v) is 7.77. The Labute approximate surface area is 142 Å². The number of carbonyl (C=O) groups excluding carboxylic acids is 2. The molecule has 4 N–H and O–H groups in total. The minimum atomic E-state index is -1.09. The minimum absolute atomic E-state index is 0.0949. The molecule has 2 rings (SSSR count). The van der Waals surface area contributed by atoms with Crippen LogP contribution in [0.3, 0.4) is 0 Å². The monoisotopic (exact) mass is 349 g/mol. The predicted molar refractivity (Wildman–Crippen MR) is 89.1 cm³/mol. The molecule has 0 saturated carbocycles. The number of imidazole rings is 1. The van der Waals surface area contributed by atoms with Gasteiger partial charge in [-0.25, -0.2) is 9.78 Å². The lowest BCUT2D eigenvalue weighted by Gasteiger charge is -2.19. The summed E-state index contributed by atoms with van der Waals surface area (Å²) in [7, 11) is 0. The SMILES string of the molecule is CCCN(CC(=O)O)C(=O)CCC(=O)Nc1ccc2[nH]c(=O)[nH]c2n1. The fourth-order valence-electron chi connectivity index (χ4n) is 2.30. The van der Waals surface area contributed by atoms with Crippen LogP contribution in [0.1, 0.15) is 26.2 Å². The zero-order chi connectivity index (χ0) is 18.4. The molecule has 0 aromatic carbocycles. The molecule has 134 valence electrons. The largest absolute Gasteiger partial charge is 0.480 e. The summed E-state index contributed by atoms with van der Waals surface area (Å²) in [6, 6.07) is 3.12. The molecule has 2 aromatic rings. The second kappa shape index (κ2) is 8.08. The van der Waals surface area contributed by atoms with E-state index in [-0.39, 0.29) is 25.2 Å². The van der Waals surface area contributed by atoms with Gasteiger partial charge in [0, 0.05) is 19.4 Å². The number of aromatic nitrogens is 3. The number of nitrogens with zero attached hydrogens (tertiary/aromatic N) is 2. The number of rotatable bonds is 8. The third-order valence-electron chi connectivity index (χ3n) is 3.38. The van der Waals surface area contributed by atoms with E-state index in [0.29, 0.717) is 24.1 Å². The molecule has 0 aliphatic heterocycles. The van der Waals surface area contributed by atoms with Crippen LogP contribution in [-0.4, -0.2) is 55.8 Å². The van der Waals surface area contributed by atoms with Gasteiger partial charge < -0.3 is 20.3 Å². The van der Waals surface area contributed by atoms with Gasteiger partial charge in [-0.05, 0) is 18.6 Å². The number of aliphatic carboxylic acids is 1. The zero-order valence-electron chi connectivity index (χ0n) is 13.7. The third-order valence-corrected chi connectivity index (χ3v) is 3.38. The molecule has 0 saturated heterocycles. The van der Waals surface area contributed by atoms with Gasteiger partial charge in [0.15, 0.2) is 5.65 Å². The van der Waals surface area contributed by atoms with Crippen molar-refractivity contribution in [3.8, 4) is 0 Å². The standard InChI is InChI=1S/C15H19N5O5/c1-2-7-20(8-13(23)24)12(22)6-5-11(21)17-10-4-3-9-14(18-10)19-15(25)16-9/h3-4H,2,5-8H2,1H3,(H,23,24)(H3,16,17,18,19,21,25). The summed E-state index contributed by atoms with van der Waals surface area (Å²) in [5.74, 6) is -1.66. The molecule has 0 atom stereocenters. The quantitative estimate of drug-likeness (QED) is 0.538. The van der Waals surface area contributed by atoms with E-state index >= 15 is 0 Å². The number of carboxylic acid groups (broad SMARTS) is 1. The number of carbonyl (C=O) groups is 3. The number of nitrogens with one attached hydrogen (secondary N) is 3. The molecule has 2 heterocycles. The van der Waals surface area contributed by atoms with Crippen molar-refractivity contribution in [1.82, 2.24) is 19.9 Å². The van der Waals surface area contributed by atoms with Crippen LogP contribution < -0.4 is 11.0 Å². The summed E-state index contributed by atoms with van der Waals surface area (Å²) in [6.45, 7) is 1.78. The van der Waals surface area contributed by atoms with Gasteiger partial charge in [0.25, 0.3) is 0 Å². The van der Waals surface area contributed by atoms with E-state index < -0.39 is 23.5 Å². The lowest BCUT2D eigenvalue weighted by atomic mass is 10.2. The van der Waals surface area contributed by atoms with Crippen LogP contribution in [0.15, 0.2) is 16.9 Å². The molecule has 25 heavy (non-hydrogen) atoms. The Kier molecular flexibility index (Phi) is 5.88. The molecule has 0 bridgehead atoms. The Bertz CT molecular complexity index is 840. The number of hydrogen-bond acceptors (Lipinski definition) is 5. The van der Waals surface area contributed by atoms with E-state index in [1.807, 2.05) is 6.92 Å². The second-order valence-corrected chi connectivity index (χ2v) is 5.43. The van der Waals surface area contributed by atoms with Gasteiger partial charge in [-0.2, -0.15) is 0 Å². The van der Waals surface area contributed by atoms with Gasteiger partial charge in [0.2, 0.25) is 11.8 Å². The molecule has 0 spiro atoms. The number of pyridine rings is 1. The second-order valence-electron chi connectivity index (χ2n) is 5.43. The lowest BCUT2D eigenvalue weighted by molar-refractivity contribution is -0.144. The van der Waals surface area contributed by atoms with Gasteiger partial charge in [0.1, 0.15) is 12.4 Å². The summed E-state index contributed by atoms with van der Waals surface area (Å²) < 4.78 is 0. The van der Waals surface area contributed by atoms with Crippen LogP contribution in [0.25, 0.3) is 11.2 Å². The first-order chi connectivity index (χ1) is 11.9. The van der Waals surface area contributed by atoms with Crippen LogP contribution in [-0.2, 0) is 14.4 Å². The van der Waals surface area contributed by atoms with Crippen molar-refractivity contribution in [2.24, 2.45) is 0 Å². The van der Waals surface area contributed by atoms with Crippen molar-refractivity contribution in [3.05, 3.63) is 22.6 Å². The Morgan fingerprint density at radius 2 is 2.00 bits per heavy atom. The molecule has 10 nitrogen and oxygen atoms in total. The fourth-order valence-corrected chi connectivity index (χ4v) is 2.30. The smallest absolute Gasteiger partial charge is 0.325 e. The van der Waals surface area contributed by atoms with E-state index in [9.17, 15) is 19.2 Å². The van der Waals surface area contributed by atoms with E-state index in [1.54, 1.807) is 6.07 Å². The average molecular weight is 349 g/mol. The number of carboxylic acids is 1. The fraction of sp³-hybridized carbons (Fsp3) is 0.400. The van der Waals surface area contributed by atoms with Crippen LogP contribution in [0.2, 0.25) is 0 Å². The molecule has 0 unspecified atom stereocenters. The number of hydrogen-bond donors (Lipinski definition) is 4. The number of aromatic amines is 2. The van der Waals surface area contributed by atoms with Crippen LogP contribution in [0, 0.1) is 0 Å². The molecule has 0 aliphatic rings. The number of anilines is 1. The maximum Gasteiger partial charge on any atom is 0.325 e. The first-order valence-electron chi connectivity index (χ1n) is 7.77.